The summed E-state index contributed by atoms with van der Waals surface area (Å²) >= 11 is 0. The number of aliphatic carboxylic acids is 1. The molecule has 0 radical (unpaired) electrons. The van der Waals surface area contributed by atoms with Crippen LogP contribution in [0.2, 0.25) is 0 Å². The van der Waals surface area contributed by atoms with Gasteiger partial charge in [0.25, 0.3) is 0 Å². The second kappa shape index (κ2) is 3.98. The number of nitrogens with one attached hydrogen (secondary N) is 1. The van der Waals surface area contributed by atoms with Gasteiger partial charge in [-0.3, -0.25) is 0 Å². The minimum Gasteiger partial charge on any atom is -0.479 e. The van der Waals surface area contributed by atoms with Gasteiger partial charge < -0.3 is 15.5 Å². The Bertz CT molecular complexity index is 427. The summed E-state index contributed by atoms with van der Waals surface area (Å²) in [6.45, 7) is 6.30. The number of β-amino-alcohol motifs (C(OH)–C–C–N with tert-alkyl or cyclic N) is 1. The Balaban J connectivity index is 1.78. The molecule has 4 aliphatic rings. The molecule has 0 aromatic carbocycles. The van der Waals surface area contributed by atoms with Gasteiger partial charge in [0.2, 0.25) is 0 Å². The van der Waals surface area contributed by atoms with E-state index in [1.165, 1.54) is 26.2 Å². The van der Waals surface area contributed by atoms with Gasteiger partial charge in [-0.2, -0.15) is 0 Å². The molecule has 0 saturated heterocycles. The standard InChI is InChI=1S/C16H27NO3/c1-13-4-11-5-14(2,7-13)9-16(6-11,8-13)17-10-15(3,20)12(18)19/h11,17,20H,4-10H2,1-3H3,(H,18,19). The molecule has 4 saturated carbocycles. The van der Waals surface area contributed by atoms with Crippen LogP contribution in [0.4, 0.5) is 0 Å². The van der Waals surface area contributed by atoms with Crippen LogP contribution >= 0.6 is 0 Å². The van der Waals surface area contributed by atoms with Gasteiger partial charge in [0.15, 0.2) is 5.60 Å². The van der Waals surface area contributed by atoms with Crippen molar-refractivity contribution in [3.05, 3.63) is 0 Å². The molecule has 20 heavy (non-hydrogen) atoms. The lowest BCUT2D eigenvalue weighted by Gasteiger charge is -2.65. The van der Waals surface area contributed by atoms with E-state index >= 15 is 0 Å². The zero-order valence-corrected chi connectivity index (χ0v) is 12.8. The molecule has 0 aliphatic heterocycles. The molecule has 4 fully saturated rings. The number of hydrogen-bond acceptors (Lipinski definition) is 3. The van der Waals surface area contributed by atoms with Crippen molar-refractivity contribution in [2.45, 2.75) is 70.4 Å². The Kier molecular flexibility index (Phi) is 2.85. The van der Waals surface area contributed by atoms with Crippen LogP contribution in [0.5, 0.6) is 0 Å². The van der Waals surface area contributed by atoms with Gasteiger partial charge >= 0.3 is 5.97 Å². The van der Waals surface area contributed by atoms with Crippen LogP contribution in [-0.2, 0) is 4.79 Å². The van der Waals surface area contributed by atoms with Gasteiger partial charge in [-0.1, -0.05) is 13.8 Å². The van der Waals surface area contributed by atoms with Crippen LogP contribution in [0.3, 0.4) is 0 Å². The first-order valence-electron chi connectivity index (χ1n) is 7.77. The quantitative estimate of drug-likeness (QED) is 0.738. The maximum atomic E-state index is 11.1. The second-order valence-electron chi connectivity index (χ2n) is 8.84. The Hall–Kier alpha value is -0.610. The van der Waals surface area contributed by atoms with Crippen molar-refractivity contribution >= 4 is 5.97 Å². The molecule has 114 valence electrons. The third kappa shape index (κ3) is 2.27. The highest BCUT2D eigenvalue weighted by atomic mass is 16.4. The van der Waals surface area contributed by atoms with Crippen molar-refractivity contribution in [2.75, 3.05) is 6.54 Å². The van der Waals surface area contributed by atoms with E-state index in [9.17, 15) is 9.90 Å². The molecular formula is C16H27NO3. The maximum absolute atomic E-state index is 11.1. The monoisotopic (exact) mass is 281 g/mol. The molecule has 0 aromatic rings. The molecule has 4 aliphatic carbocycles. The number of rotatable bonds is 4. The first-order chi connectivity index (χ1) is 9.06. The van der Waals surface area contributed by atoms with Gasteiger partial charge in [0.1, 0.15) is 0 Å². The zero-order chi connectivity index (χ0) is 14.8. The summed E-state index contributed by atoms with van der Waals surface area (Å²) in [5.74, 6) is -0.379. The predicted molar refractivity (Wildman–Crippen MR) is 76.4 cm³/mol. The molecule has 0 amide bonds. The van der Waals surface area contributed by atoms with Crippen molar-refractivity contribution in [3.63, 3.8) is 0 Å². The molecule has 0 spiro atoms. The maximum Gasteiger partial charge on any atom is 0.336 e. The zero-order valence-electron chi connectivity index (χ0n) is 12.8. The first kappa shape index (κ1) is 14.3. The van der Waals surface area contributed by atoms with Gasteiger partial charge in [0.05, 0.1) is 0 Å². The fourth-order valence-electron chi connectivity index (χ4n) is 6.08. The first-order valence-corrected chi connectivity index (χ1v) is 7.77. The number of hydrogen-bond donors (Lipinski definition) is 3. The average molecular weight is 281 g/mol. The lowest BCUT2D eigenvalue weighted by atomic mass is 9.43. The van der Waals surface area contributed by atoms with E-state index in [0.29, 0.717) is 10.8 Å². The van der Waals surface area contributed by atoms with Crippen molar-refractivity contribution < 1.29 is 15.0 Å². The summed E-state index contributed by atoms with van der Waals surface area (Å²) in [5.41, 5.74) is -0.833. The van der Waals surface area contributed by atoms with Crippen LogP contribution in [0, 0.1) is 16.7 Å². The molecule has 3 unspecified atom stereocenters. The smallest absolute Gasteiger partial charge is 0.336 e. The van der Waals surface area contributed by atoms with E-state index in [2.05, 4.69) is 19.2 Å². The van der Waals surface area contributed by atoms with E-state index in [0.717, 1.165) is 25.2 Å². The SMILES string of the molecule is CC12CC3CC(C)(C1)CC(NCC(C)(O)C(=O)O)(C3)C2. The minimum atomic E-state index is -1.68. The van der Waals surface area contributed by atoms with Gasteiger partial charge in [-0.25, -0.2) is 4.79 Å². The molecule has 0 heterocycles. The Morgan fingerprint density at radius 3 is 2.20 bits per heavy atom. The lowest BCUT2D eigenvalue weighted by molar-refractivity contribution is -0.158. The molecule has 4 nitrogen and oxygen atoms in total. The largest absolute Gasteiger partial charge is 0.479 e. The molecule has 4 rings (SSSR count). The molecular weight excluding hydrogens is 254 g/mol. The van der Waals surface area contributed by atoms with Crippen molar-refractivity contribution in [1.82, 2.24) is 5.32 Å². The van der Waals surface area contributed by atoms with Gasteiger partial charge in [-0.05, 0) is 62.2 Å². The van der Waals surface area contributed by atoms with Crippen LogP contribution in [0.1, 0.15) is 59.3 Å². The fourth-order valence-corrected chi connectivity index (χ4v) is 6.08. The van der Waals surface area contributed by atoms with Gasteiger partial charge in [0, 0.05) is 12.1 Å². The van der Waals surface area contributed by atoms with Crippen molar-refractivity contribution in [3.8, 4) is 0 Å². The Morgan fingerprint density at radius 2 is 1.75 bits per heavy atom. The molecule has 3 atom stereocenters. The second-order valence-corrected chi connectivity index (χ2v) is 8.84. The van der Waals surface area contributed by atoms with Gasteiger partial charge in [-0.15, -0.1) is 0 Å². The number of aliphatic hydroxyl groups is 1. The highest BCUT2D eigenvalue weighted by Crippen LogP contribution is 2.66. The number of carboxylic acid groups (broad SMARTS) is 1. The van der Waals surface area contributed by atoms with E-state index in [1.54, 1.807) is 0 Å². The Morgan fingerprint density at radius 1 is 1.20 bits per heavy atom. The third-order valence-corrected chi connectivity index (χ3v) is 5.89. The highest BCUT2D eigenvalue weighted by Gasteiger charge is 2.60. The van der Waals surface area contributed by atoms with Crippen LogP contribution in [-0.4, -0.2) is 33.9 Å². The van der Waals surface area contributed by atoms with E-state index < -0.39 is 11.6 Å². The fraction of sp³-hybridized carbons (Fsp3) is 0.938. The normalized spacial score (nSPS) is 49.1. The van der Waals surface area contributed by atoms with E-state index in [1.807, 2.05) is 0 Å². The number of carbonyl (C=O) groups is 1. The lowest BCUT2D eigenvalue weighted by Crippen LogP contribution is -2.66. The summed E-state index contributed by atoms with van der Waals surface area (Å²) in [5, 5.41) is 22.5. The van der Waals surface area contributed by atoms with Crippen LogP contribution < -0.4 is 5.32 Å². The molecule has 4 heteroatoms. The van der Waals surface area contributed by atoms with E-state index in [4.69, 9.17) is 5.11 Å². The predicted octanol–water partition coefficient (Wildman–Crippen LogP) is 2.16. The highest BCUT2D eigenvalue weighted by molar-refractivity contribution is 5.76. The summed E-state index contributed by atoms with van der Waals surface area (Å²) in [6, 6.07) is 0. The van der Waals surface area contributed by atoms with Crippen molar-refractivity contribution in [1.29, 1.82) is 0 Å². The molecule has 0 aromatic heterocycles. The summed E-state index contributed by atoms with van der Waals surface area (Å²) in [7, 11) is 0. The number of carboxylic acids is 1. The molecule has 4 bridgehead atoms. The average Bonchev–Trinajstić information content (AvgIpc) is 2.21. The summed E-state index contributed by atoms with van der Waals surface area (Å²) in [4.78, 5) is 11.1. The Labute approximate surface area is 120 Å². The summed E-state index contributed by atoms with van der Waals surface area (Å²) < 4.78 is 0. The topological polar surface area (TPSA) is 69.6 Å². The third-order valence-electron chi connectivity index (χ3n) is 5.89. The van der Waals surface area contributed by atoms with Crippen molar-refractivity contribution in [2.24, 2.45) is 16.7 Å². The minimum absolute atomic E-state index is 0.0440. The van der Waals surface area contributed by atoms with E-state index in [-0.39, 0.29) is 12.1 Å². The van der Waals surface area contributed by atoms with Crippen LogP contribution in [0.15, 0.2) is 0 Å². The summed E-state index contributed by atoms with van der Waals surface area (Å²) in [6.07, 6.45) is 7.34. The molecule has 3 N–H and O–H groups in total. The van der Waals surface area contributed by atoms with Crippen LogP contribution in [0.25, 0.3) is 0 Å².